The van der Waals surface area contributed by atoms with Crippen LogP contribution in [0.1, 0.15) is 48.5 Å². The lowest BCUT2D eigenvalue weighted by Gasteiger charge is -2.26. The van der Waals surface area contributed by atoms with E-state index in [4.69, 9.17) is 37.4 Å². The summed E-state index contributed by atoms with van der Waals surface area (Å²) in [5, 5.41) is 24.4. The SMILES string of the molecule is CC(C)(C)OC(=O)Nc1ccc(Br)c(Cl)c1[N+](=O)[O-].CCOC(=O)CN(C(=O)OC(C)(C)C)c1ccc(Br)c(Cl)c1[N+](=O)[O-]. The number of carbonyl (C=O) groups excluding carboxylic acids is 3. The number of hydrogen-bond donors (Lipinski definition) is 1. The van der Waals surface area contributed by atoms with Crippen molar-refractivity contribution in [3.8, 4) is 0 Å². The molecule has 0 fully saturated rings. The van der Waals surface area contributed by atoms with Crippen LogP contribution < -0.4 is 10.2 Å². The van der Waals surface area contributed by atoms with Gasteiger partial charge in [0.25, 0.3) is 0 Å². The van der Waals surface area contributed by atoms with Gasteiger partial charge >= 0.3 is 29.5 Å². The average Bonchev–Trinajstić information content (AvgIpc) is 2.84. The third-order valence-electron chi connectivity index (χ3n) is 4.61. The highest BCUT2D eigenvalue weighted by molar-refractivity contribution is 9.10. The van der Waals surface area contributed by atoms with Crippen molar-refractivity contribution < 1.29 is 38.4 Å². The molecule has 0 aliphatic carbocycles. The predicted octanol–water partition coefficient (Wildman–Crippen LogP) is 8.67. The van der Waals surface area contributed by atoms with Crippen LogP contribution >= 0.6 is 55.1 Å². The van der Waals surface area contributed by atoms with E-state index in [0.717, 1.165) is 4.90 Å². The van der Waals surface area contributed by atoms with Gasteiger partial charge in [0.05, 0.1) is 16.5 Å². The predicted molar refractivity (Wildman–Crippen MR) is 172 cm³/mol. The maximum Gasteiger partial charge on any atom is 0.415 e. The number of anilines is 2. The van der Waals surface area contributed by atoms with Gasteiger partial charge in [-0.25, -0.2) is 9.59 Å². The Hall–Kier alpha value is -3.21. The molecule has 1 N–H and O–H groups in total. The van der Waals surface area contributed by atoms with E-state index in [2.05, 4.69) is 37.2 Å². The van der Waals surface area contributed by atoms with Crippen molar-refractivity contribution in [2.75, 3.05) is 23.4 Å². The highest BCUT2D eigenvalue weighted by Crippen LogP contribution is 2.41. The second kappa shape index (κ2) is 16.2. The molecule has 0 saturated carbocycles. The van der Waals surface area contributed by atoms with E-state index in [-0.39, 0.29) is 38.2 Å². The molecule has 0 bridgehead atoms. The van der Waals surface area contributed by atoms with Gasteiger partial charge in [0.15, 0.2) is 0 Å². The summed E-state index contributed by atoms with van der Waals surface area (Å²) in [6.45, 7) is 11.1. The Morgan fingerprint density at radius 3 is 1.80 bits per heavy atom. The molecule has 14 nitrogen and oxygen atoms in total. The van der Waals surface area contributed by atoms with Crippen molar-refractivity contribution in [2.45, 2.75) is 59.7 Å². The molecule has 0 radical (unpaired) electrons. The van der Waals surface area contributed by atoms with Crippen LogP contribution in [0, 0.1) is 20.2 Å². The van der Waals surface area contributed by atoms with Crippen LogP contribution in [0.25, 0.3) is 0 Å². The summed E-state index contributed by atoms with van der Waals surface area (Å²) < 4.78 is 15.7. The van der Waals surface area contributed by atoms with E-state index < -0.39 is 51.4 Å². The first kappa shape index (κ1) is 38.8. The third kappa shape index (κ3) is 12.1. The van der Waals surface area contributed by atoms with Crippen molar-refractivity contribution in [3.05, 3.63) is 63.5 Å². The van der Waals surface area contributed by atoms with Crippen LogP contribution in [0.3, 0.4) is 0 Å². The van der Waals surface area contributed by atoms with Gasteiger partial charge in [-0.1, -0.05) is 23.2 Å². The molecular formula is C26H30Br2Cl2N4O10. The normalized spacial score (nSPS) is 11.0. The van der Waals surface area contributed by atoms with Gasteiger partial charge in [0, 0.05) is 8.95 Å². The van der Waals surface area contributed by atoms with Crippen LogP contribution in [-0.4, -0.2) is 52.4 Å². The number of halogens is 4. The van der Waals surface area contributed by atoms with Crippen LogP contribution in [0.5, 0.6) is 0 Å². The van der Waals surface area contributed by atoms with Crippen molar-refractivity contribution in [2.24, 2.45) is 0 Å². The van der Waals surface area contributed by atoms with Gasteiger partial charge in [0.2, 0.25) is 0 Å². The Kier molecular flexibility index (Phi) is 14.3. The fraction of sp³-hybridized carbons (Fsp3) is 0.423. The first-order valence-electron chi connectivity index (χ1n) is 12.5. The largest absolute Gasteiger partial charge is 0.465 e. The molecule has 2 aromatic rings. The second-order valence-corrected chi connectivity index (χ2v) is 13.0. The Balaban J connectivity index is 0.000000457. The van der Waals surface area contributed by atoms with Gasteiger partial charge in [-0.15, -0.1) is 0 Å². The molecule has 0 heterocycles. The van der Waals surface area contributed by atoms with Crippen LogP contribution in [0.4, 0.5) is 32.3 Å². The monoisotopic (exact) mass is 786 g/mol. The summed E-state index contributed by atoms with van der Waals surface area (Å²) in [4.78, 5) is 57.8. The molecule has 0 spiro atoms. The van der Waals surface area contributed by atoms with Gasteiger partial charge < -0.3 is 14.2 Å². The van der Waals surface area contributed by atoms with Gasteiger partial charge in [-0.05, 0) is 105 Å². The van der Waals surface area contributed by atoms with Gasteiger partial charge in [-0.2, -0.15) is 0 Å². The average molecular weight is 789 g/mol. The first-order chi connectivity index (χ1) is 20.1. The number of nitro groups is 2. The fourth-order valence-corrected chi connectivity index (χ4v) is 4.16. The summed E-state index contributed by atoms with van der Waals surface area (Å²) in [6.07, 6.45) is -1.71. The lowest BCUT2D eigenvalue weighted by Crippen LogP contribution is -2.40. The molecule has 0 atom stereocenters. The molecule has 2 rings (SSSR count). The van der Waals surface area contributed by atoms with Crippen molar-refractivity contribution in [1.82, 2.24) is 0 Å². The molecule has 0 aromatic heterocycles. The van der Waals surface area contributed by atoms with E-state index in [9.17, 15) is 34.6 Å². The number of nitrogens with zero attached hydrogens (tertiary/aromatic N) is 3. The number of amides is 2. The van der Waals surface area contributed by atoms with Crippen LogP contribution in [-0.2, 0) is 19.0 Å². The minimum absolute atomic E-state index is 0.0209. The topological polar surface area (TPSA) is 180 Å². The van der Waals surface area contributed by atoms with E-state index in [0.29, 0.717) is 4.47 Å². The number of ether oxygens (including phenoxy) is 3. The Bertz CT molecular complexity index is 1430. The fourth-order valence-electron chi connectivity index (χ4n) is 3.05. The lowest BCUT2D eigenvalue weighted by molar-refractivity contribution is -0.384. The number of nitro benzene ring substituents is 2. The van der Waals surface area contributed by atoms with Gasteiger partial charge in [0.1, 0.15) is 39.2 Å². The molecule has 18 heteroatoms. The Morgan fingerprint density at radius 2 is 1.34 bits per heavy atom. The van der Waals surface area contributed by atoms with Crippen LogP contribution in [0.2, 0.25) is 10.0 Å². The van der Waals surface area contributed by atoms with Crippen LogP contribution in [0.15, 0.2) is 33.2 Å². The molecular weight excluding hydrogens is 759 g/mol. The summed E-state index contributed by atoms with van der Waals surface area (Å²) in [6, 6.07) is 5.62. The number of carbonyl (C=O) groups is 3. The number of esters is 1. The number of rotatable bonds is 7. The second-order valence-electron chi connectivity index (χ2n) is 10.5. The molecule has 0 unspecified atom stereocenters. The minimum atomic E-state index is -0.929. The van der Waals surface area contributed by atoms with E-state index in [1.54, 1.807) is 48.5 Å². The molecule has 242 valence electrons. The molecule has 2 amide bonds. The van der Waals surface area contributed by atoms with E-state index in [1.807, 2.05) is 0 Å². The number of nitrogens with one attached hydrogen (secondary N) is 1. The zero-order valence-corrected chi connectivity index (χ0v) is 29.3. The smallest absolute Gasteiger partial charge is 0.415 e. The summed E-state index contributed by atoms with van der Waals surface area (Å²) >= 11 is 18.0. The minimum Gasteiger partial charge on any atom is -0.465 e. The van der Waals surface area contributed by atoms with E-state index >= 15 is 0 Å². The van der Waals surface area contributed by atoms with Crippen molar-refractivity contribution >= 4 is 96.0 Å². The van der Waals surface area contributed by atoms with Gasteiger partial charge in [-0.3, -0.25) is 35.2 Å². The molecule has 0 aliphatic rings. The summed E-state index contributed by atoms with van der Waals surface area (Å²) in [7, 11) is 0. The summed E-state index contributed by atoms with van der Waals surface area (Å²) in [5.41, 5.74) is -2.66. The molecule has 0 saturated heterocycles. The molecule has 2 aromatic carbocycles. The maximum absolute atomic E-state index is 12.5. The Labute approximate surface area is 279 Å². The summed E-state index contributed by atoms with van der Waals surface area (Å²) in [5.74, 6) is -0.735. The van der Waals surface area contributed by atoms with Crippen molar-refractivity contribution in [3.63, 3.8) is 0 Å². The quantitative estimate of drug-likeness (QED) is 0.123. The zero-order chi connectivity index (χ0) is 34.2. The Morgan fingerprint density at radius 1 is 0.864 bits per heavy atom. The highest BCUT2D eigenvalue weighted by atomic mass is 79.9. The first-order valence-corrected chi connectivity index (χ1v) is 14.8. The lowest BCUT2D eigenvalue weighted by atomic mass is 10.2. The molecule has 44 heavy (non-hydrogen) atoms. The maximum atomic E-state index is 12.5. The van der Waals surface area contributed by atoms with Crippen molar-refractivity contribution in [1.29, 1.82) is 0 Å². The van der Waals surface area contributed by atoms with E-state index in [1.165, 1.54) is 24.3 Å². The third-order valence-corrected chi connectivity index (χ3v) is 7.16. The molecule has 0 aliphatic heterocycles. The number of benzene rings is 2. The zero-order valence-electron chi connectivity index (χ0n) is 24.7. The number of hydrogen-bond acceptors (Lipinski definition) is 10. The highest BCUT2D eigenvalue weighted by Gasteiger charge is 2.33. The standard InChI is InChI=1S/C15H18BrClN2O6.C11H12BrClN2O4/c1-5-24-11(20)8-18(14(21)25-15(2,3)4)10-7-6-9(16)12(17)13(10)19(22)23;1-11(2,3)19-10(16)14-7-5-4-6(12)8(13)9(7)15(17)18/h6-7H,5,8H2,1-4H3;4-5H,1-3H3,(H,14,16).